The van der Waals surface area contributed by atoms with E-state index in [4.69, 9.17) is 18.9 Å². The Balaban J connectivity index is 1.84. The molecule has 23 heavy (non-hydrogen) atoms. The van der Waals surface area contributed by atoms with Crippen LogP contribution in [-0.2, 0) is 22.5 Å². The zero-order valence-electron chi connectivity index (χ0n) is 13.7. The number of ether oxygens (including phenoxy) is 4. The van der Waals surface area contributed by atoms with Crippen LogP contribution in [0.3, 0.4) is 0 Å². The lowest BCUT2D eigenvalue weighted by Crippen LogP contribution is -2.26. The monoisotopic (exact) mass is 314 g/mol. The summed E-state index contributed by atoms with van der Waals surface area (Å²) in [5, 5.41) is 0. The molecule has 0 saturated carbocycles. The molecule has 2 atom stereocenters. The number of hydrogen-bond acceptors (Lipinski definition) is 4. The van der Waals surface area contributed by atoms with E-state index in [0.717, 1.165) is 22.6 Å². The number of rotatable bonds is 5. The van der Waals surface area contributed by atoms with Crippen LogP contribution in [-0.4, -0.2) is 20.5 Å². The molecule has 1 heterocycles. The van der Waals surface area contributed by atoms with Crippen molar-refractivity contribution in [1.82, 2.24) is 0 Å². The average molecular weight is 314 g/mol. The van der Waals surface area contributed by atoms with Crippen molar-refractivity contribution >= 4 is 0 Å². The minimum Gasteiger partial charge on any atom is -0.493 e. The molecule has 0 unspecified atom stereocenters. The Labute approximate surface area is 136 Å². The smallest absolute Gasteiger partial charge is 0.162 e. The van der Waals surface area contributed by atoms with Crippen molar-refractivity contribution in [2.75, 3.05) is 14.2 Å². The van der Waals surface area contributed by atoms with Gasteiger partial charge in [-0.2, -0.15) is 0 Å². The molecule has 1 aliphatic heterocycles. The quantitative estimate of drug-likeness (QED) is 0.839. The van der Waals surface area contributed by atoms with Crippen LogP contribution < -0.4 is 9.47 Å². The Morgan fingerprint density at radius 3 is 2.57 bits per heavy atom. The van der Waals surface area contributed by atoms with Gasteiger partial charge in [-0.15, -0.1) is 0 Å². The second kappa shape index (κ2) is 7.02. The highest BCUT2D eigenvalue weighted by Crippen LogP contribution is 2.38. The molecule has 0 radical (unpaired) electrons. The number of hydrogen-bond donors (Lipinski definition) is 0. The van der Waals surface area contributed by atoms with E-state index in [-0.39, 0.29) is 12.4 Å². The summed E-state index contributed by atoms with van der Waals surface area (Å²) in [6, 6.07) is 14.1. The SMILES string of the molecule is COc1cc2c(cc1OCc1ccccc1)[C@@H](C)O[C@H](OC)C2. The van der Waals surface area contributed by atoms with Crippen LogP contribution in [0.4, 0.5) is 0 Å². The minimum absolute atomic E-state index is 0.0336. The molecule has 0 spiro atoms. The van der Waals surface area contributed by atoms with Crippen LogP contribution in [0.5, 0.6) is 11.5 Å². The van der Waals surface area contributed by atoms with Crippen molar-refractivity contribution in [3.05, 3.63) is 59.2 Å². The summed E-state index contributed by atoms with van der Waals surface area (Å²) in [4.78, 5) is 0. The van der Waals surface area contributed by atoms with Gasteiger partial charge in [0, 0.05) is 13.5 Å². The van der Waals surface area contributed by atoms with E-state index >= 15 is 0 Å². The van der Waals surface area contributed by atoms with Crippen molar-refractivity contribution in [1.29, 1.82) is 0 Å². The van der Waals surface area contributed by atoms with E-state index in [0.29, 0.717) is 13.0 Å². The van der Waals surface area contributed by atoms with Gasteiger partial charge in [0.05, 0.1) is 13.2 Å². The first-order valence-electron chi connectivity index (χ1n) is 7.77. The largest absolute Gasteiger partial charge is 0.493 e. The van der Waals surface area contributed by atoms with Crippen molar-refractivity contribution in [2.24, 2.45) is 0 Å². The van der Waals surface area contributed by atoms with Crippen LogP contribution in [0.15, 0.2) is 42.5 Å². The fraction of sp³-hybridized carbons (Fsp3) is 0.368. The maximum Gasteiger partial charge on any atom is 0.162 e. The van der Waals surface area contributed by atoms with Gasteiger partial charge in [-0.1, -0.05) is 30.3 Å². The third-order valence-electron chi connectivity index (χ3n) is 4.11. The molecule has 0 N–H and O–H groups in total. The molecule has 0 bridgehead atoms. The average Bonchev–Trinajstić information content (AvgIpc) is 2.60. The van der Waals surface area contributed by atoms with E-state index < -0.39 is 0 Å². The lowest BCUT2D eigenvalue weighted by Gasteiger charge is -2.30. The van der Waals surface area contributed by atoms with Crippen molar-refractivity contribution in [2.45, 2.75) is 32.3 Å². The van der Waals surface area contributed by atoms with Gasteiger partial charge in [-0.3, -0.25) is 0 Å². The Bertz CT molecular complexity index is 654. The second-order valence-electron chi connectivity index (χ2n) is 5.62. The van der Waals surface area contributed by atoms with Crippen LogP contribution in [0.2, 0.25) is 0 Å². The zero-order valence-corrected chi connectivity index (χ0v) is 13.7. The van der Waals surface area contributed by atoms with E-state index in [2.05, 4.69) is 0 Å². The van der Waals surface area contributed by atoms with Gasteiger partial charge in [0.1, 0.15) is 6.61 Å². The lowest BCUT2D eigenvalue weighted by molar-refractivity contribution is -0.159. The van der Waals surface area contributed by atoms with Gasteiger partial charge in [0.25, 0.3) is 0 Å². The summed E-state index contributed by atoms with van der Waals surface area (Å²) in [5.41, 5.74) is 3.43. The van der Waals surface area contributed by atoms with Gasteiger partial charge in [0.15, 0.2) is 17.8 Å². The normalized spacial score (nSPS) is 20.0. The molecule has 1 aliphatic rings. The zero-order chi connectivity index (χ0) is 16.2. The van der Waals surface area contributed by atoms with Crippen molar-refractivity contribution in [3.8, 4) is 11.5 Å². The summed E-state index contributed by atoms with van der Waals surface area (Å²) >= 11 is 0. The molecule has 0 fully saturated rings. The van der Waals surface area contributed by atoms with Gasteiger partial charge in [-0.05, 0) is 35.7 Å². The van der Waals surface area contributed by atoms with Crippen molar-refractivity contribution < 1.29 is 18.9 Å². The van der Waals surface area contributed by atoms with Crippen LogP contribution >= 0.6 is 0 Å². The second-order valence-corrected chi connectivity index (χ2v) is 5.62. The Morgan fingerprint density at radius 2 is 1.87 bits per heavy atom. The first-order valence-corrected chi connectivity index (χ1v) is 7.77. The third-order valence-corrected chi connectivity index (χ3v) is 4.11. The molecule has 3 rings (SSSR count). The highest BCUT2D eigenvalue weighted by Gasteiger charge is 2.26. The first kappa shape index (κ1) is 15.8. The lowest BCUT2D eigenvalue weighted by atomic mass is 9.96. The van der Waals surface area contributed by atoms with Gasteiger partial charge < -0.3 is 18.9 Å². The summed E-state index contributed by atoms with van der Waals surface area (Å²) in [5.74, 6) is 1.48. The fourth-order valence-electron chi connectivity index (χ4n) is 2.85. The molecule has 0 saturated heterocycles. The highest BCUT2D eigenvalue weighted by molar-refractivity contribution is 5.49. The Kier molecular flexibility index (Phi) is 4.84. The van der Waals surface area contributed by atoms with Crippen LogP contribution in [0.25, 0.3) is 0 Å². The number of fused-ring (bicyclic) bond motifs is 1. The molecule has 4 nitrogen and oxygen atoms in total. The topological polar surface area (TPSA) is 36.9 Å². The predicted octanol–water partition coefficient (Wildman–Crippen LogP) is 3.88. The van der Waals surface area contributed by atoms with Crippen LogP contribution in [0.1, 0.15) is 29.7 Å². The first-order chi connectivity index (χ1) is 11.2. The van der Waals surface area contributed by atoms with Crippen LogP contribution in [0, 0.1) is 0 Å². The Hall–Kier alpha value is -2.04. The maximum atomic E-state index is 5.97. The summed E-state index contributed by atoms with van der Waals surface area (Å²) < 4.78 is 22.6. The fourth-order valence-corrected chi connectivity index (χ4v) is 2.85. The predicted molar refractivity (Wildman–Crippen MR) is 87.8 cm³/mol. The molecule has 2 aromatic carbocycles. The molecular weight excluding hydrogens is 292 g/mol. The van der Waals surface area contributed by atoms with Crippen molar-refractivity contribution in [3.63, 3.8) is 0 Å². The molecule has 0 amide bonds. The Morgan fingerprint density at radius 1 is 1.09 bits per heavy atom. The maximum absolute atomic E-state index is 5.97. The standard InChI is InChI=1S/C19H22O4/c1-13-16-11-18(22-12-14-7-5-4-6-8-14)17(20-2)9-15(16)10-19(21-3)23-13/h4-9,11,13,19H,10,12H2,1-3H3/t13-,19+/m1/s1. The molecular formula is C19H22O4. The van der Waals surface area contributed by atoms with E-state index in [1.165, 1.54) is 5.56 Å². The molecule has 0 aromatic heterocycles. The van der Waals surface area contributed by atoms with Gasteiger partial charge in [0.2, 0.25) is 0 Å². The van der Waals surface area contributed by atoms with E-state index in [1.807, 2.05) is 49.4 Å². The third kappa shape index (κ3) is 3.49. The minimum atomic E-state index is -0.210. The molecule has 122 valence electrons. The summed E-state index contributed by atoms with van der Waals surface area (Å²) in [6.07, 6.45) is 0.470. The molecule has 0 aliphatic carbocycles. The number of benzene rings is 2. The van der Waals surface area contributed by atoms with Gasteiger partial charge in [-0.25, -0.2) is 0 Å². The van der Waals surface area contributed by atoms with Gasteiger partial charge >= 0.3 is 0 Å². The van der Waals surface area contributed by atoms with E-state index in [1.54, 1.807) is 14.2 Å². The van der Waals surface area contributed by atoms with E-state index in [9.17, 15) is 0 Å². The summed E-state index contributed by atoms with van der Waals surface area (Å²) in [6.45, 7) is 2.53. The molecule has 4 heteroatoms. The summed E-state index contributed by atoms with van der Waals surface area (Å²) in [7, 11) is 3.32. The molecule has 2 aromatic rings. The highest BCUT2D eigenvalue weighted by atomic mass is 16.7. The number of methoxy groups -OCH3 is 2.